The molecule has 17 heavy (non-hydrogen) atoms. The van der Waals surface area contributed by atoms with Crippen LogP contribution in [0.15, 0.2) is 5.16 Å². The molecule has 0 amide bonds. The molecule has 1 fully saturated rings. The molecule has 2 N–H and O–H groups in total. The number of thioether (sulfide) groups is 1. The average molecular weight is 254 g/mol. The lowest BCUT2D eigenvalue weighted by Crippen LogP contribution is -2.11. The number of nitrogens with two attached hydrogens (primary N) is 1. The van der Waals surface area contributed by atoms with Crippen LogP contribution >= 0.6 is 11.8 Å². The highest BCUT2D eigenvalue weighted by molar-refractivity contribution is 7.99. The summed E-state index contributed by atoms with van der Waals surface area (Å²) in [7, 11) is 0. The molecule has 1 saturated carbocycles. The Bertz CT molecular complexity index is 355. The van der Waals surface area contributed by atoms with E-state index < -0.39 is 0 Å². The van der Waals surface area contributed by atoms with Crippen molar-refractivity contribution in [1.29, 1.82) is 0 Å². The molecule has 5 heteroatoms. The van der Waals surface area contributed by atoms with Crippen LogP contribution in [0.3, 0.4) is 0 Å². The summed E-state index contributed by atoms with van der Waals surface area (Å²) in [4.78, 5) is 0. The van der Waals surface area contributed by atoms with Crippen LogP contribution in [0.4, 0.5) is 0 Å². The fraction of sp³-hybridized carbons (Fsp3) is 0.833. The molecule has 0 unspecified atom stereocenters. The smallest absolute Gasteiger partial charge is 0.191 e. The minimum absolute atomic E-state index is 0.384. The van der Waals surface area contributed by atoms with E-state index in [4.69, 9.17) is 5.73 Å². The monoisotopic (exact) mass is 254 g/mol. The van der Waals surface area contributed by atoms with Crippen LogP contribution in [0.25, 0.3) is 0 Å². The first-order chi connectivity index (χ1) is 8.22. The van der Waals surface area contributed by atoms with E-state index >= 15 is 0 Å². The van der Waals surface area contributed by atoms with E-state index in [1.54, 1.807) is 0 Å². The Labute approximate surface area is 107 Å². The average Bonchev–Trinajstić information content (AvgIpc) is 2.95. The number of hydrogen-bond donors (Lipinski definition) is 1. The molecule has 1 aromatic rings. The molecule has 1 aromatic heterocycles. The summed E-state index contributed by atoms with van der Waals surface area (Å²) in [6.45, 7) is 4.78. The van der Waals surface area contributed by atoms with Gasteiger partial charge in [-0.25, -0.2) is 0 Å². The summed E-state index contributed by atoms with van der Waals surface area (Å²) < 4.78 is 2.17. The second-order valence-electron chi connectivity index (χ2n) is 5.03. The first-order valence-corrected chi connectivity index (χ1v) is 7.47. The van der Waals surface area contributed by atoms with Gasteiger partial charge >= 0.3 is 0 Å². The lowest BCUT2D eigenvalue weighted by molar-refractivity contribution is 0.524. The van der Waals surface area contributed by atoms with E-state index in [0.717, 1.165) is 16.9 Å². The molecule has 0 aromatic carbocycles. The number of hydrogen-bond acceptors (Lipinski definition) is 4. The van der Waals surface area contributed by atoms with Gasteiger partial charge in [-0.15, -0.1) is 10.2 Å². The van der Waals surface area contributed by atoms with E-state index in [1.807, 2.05) is 11.8 Å². The molecule has 4 nitrogen and oxygen atoms in total. The zero-order chi connectivity index (χ0) is 12.3. The van der Waals surface area contributed by atoms with Gasteiger partial charge in [0.25, 0.3) is 0 Å². The maximum absolute atomic E-state index is 5.69. The van der Waals surface area contributed by atoms with E-state index in [2.05, 4.69) is 28.6 Å². The van der Waals surface area contributed by atoms with Crippen LogP contribution in [0.5, 0.6) is 0 Å². The summed E-state index contributed by atoms with van der Waals surface area (Å²) in [5, 5.41) is 9.47. The van der Waals surface area contributed by atoms with Crippen molar-refractivity contribution in [1.82, 2.24) is 14.8 Å². The van der Waals surface area contributed by atoms with E-state index in [9.17, 15) is 0 Å². The van der Waals surface area contributed by atoms with Gasteiger partial charge < -0.3 is 10.3 Å². The minimum atomic E-state index is 0.384. The molecular formula is C12H22N4S. The van der Waals surface area contributed by atoms with Gasteiger partial charge in [-0.05, 0) is 32.6 Å². The second-order valence-corrected chi connectivity index (χ2v) is 6.02. The number of rotatable bonds is 5. The Kier molecular flexibility index (Phi) is 4.45. The van der Waals surface area contributed by atoms with Crippen molar-refractivity contribution in [2.45, 2.75) is 57.3 Å². The van der Waals surface area contributed by atoms with Crippen molar-refractivity contribution in [3.63, 3.8) is 0 Å². The van der Waals surface area contributed by atoms with Crippen LogP contribution < -0.4 is 5.73 Å². The van der Waals surface area contributed by atoms with Gasteiger partial charge in [0, 0.05) is 11.8 Å². The maximum atomic E-state index is 5.69. The molecule has 0 bridgehead atoms. The third kappa shape index (κ3) is 3.01. The molecule has 1 aliphatic carbocycles. The van der Waals surface area contributed by atoms with Gasteiger partial charge in [-0.3, -0.25) is 0 Å². The van der Waals surface area contributed by atoms with Crippen LogP contribution in [-0.4, -0.2) is 20.5 Å². The zero-order valence-corrected chi connectivity index (χ0v) is 11.5. The number of aromatic nitrogens is 3. The first kappa shape index (κ1) is 12.9. The molecule has 0 radical (unpaired) electrons. The van der Waals surface area contributed by atoms with E-state index in [0.29, 0.717) is 12.6 Å². The second kappa shape index (κ2) is 5.87. The van der Waals surface area contributed by atoms with Gasteiger partial charge in [0.15, 0.2) is 5.16 Å². The van der Waals surface area contributed by atoms with Crippen molar-refractivity contribution >= 4 is 11.8 Å². The Balaban J connectivity index is 2.01. The predicted octanol–water partition coefficient (Wildman–Crippen LogP) is 2.60. The minimum Gasteiger partial charge on any atom is -0.324 e. The van der Waals surface area contributed by atoms with Crippen LogP contribution in [0, 0.1) is 5.92 Å². The van der Waals surface area contributed by atoms with Crippen molar-refractivity contribution in [3.05, 3.63) is 5.82 Å². The standard InChI is InChI=1S/C12H22N4S/c1-9(2)16-11(7-13)14-15-12(16)17-8-10-5-3-4-6-10/h9-10H,3-8,13H2,1-2H3. The SMILES string of the molecule is CC(C)n1c(CN)nnc1SCC1CCCC1. The van der Waals surface area contributed by atoms with Crippen molar-refractivity contribution in [2.24, 2.45) is 11.7 Å². The quantitative estimate of drug-likeness (QED) is 0.821. The summed E-state index contributed by atoms with van der Waals surface area (Å²) >= 11 is 1.84. The fourth-order valence-corrected chi connectivity index (χ4v) is 3.71. The largest absolute Gasteiger partial charge is 0.324 e. The highest BCUT2D eigenvalue weighted by Crippen LogP contribution is 2.31. The van der Waals surface area contributed by atoms with Gasteiger partial charge in [0.1, 0.15) is 5.82 Å². The highest BCUT2D eigenvalue weighted by Gasteiger charge is 2.18. The molecule has 1 aliphatic rings. The predicted molar refractivity (Wildman–Crippen MR) is 71.0 cm³/mol. The molecule has 0 spiro atoms. The Morgan fingerprint density at radius 1 is 1.35 bits per heavy atom. The van der Waals surface area contributed by atoms with Crippen molar-refractivity contribution in [3.8, 4) is 0 Å². The van der Waals surface area contributed by atoms with Gasteiger partial charge in [0.2, 0.25) is 0 Å². The lowest BCUT2D eigenvalue weighted by Gasteiger charge is -2.14. The number of nitrogens with zero attached hydrogens (tertiary/aromatic N) is 3. The third-order valence-electron chi connectivity index (χ3n) is 3.36. The van der Waals surface area contributed by atoms with E-state index in [-0.39, 0.29) is 0 Å². The summed E-state index contributed by atoms with van der Waals surface area (Å²) in [5.74, 6) is 2.95. The molecular weight excluding hydrogens is 232 g/mol. The fourth-order valence-electron chi connectivity index (χ4n) is 2.43. The van der Waals surface area contributed by atoms with Gasteiger partial charge in [-0.1, -0.05) is 24.6 Å². The van der Waals surface area contributed by atoms with Crippen LogP contribution in [0.2, 0.25) is 0 Å². The first-order valence-electron chi connectivity index (χ1n) is 6.49. The molecule has 0 saturated heterocycles. The zero-order valence-electron chi connectivity index (χ0n) is 10.7. The normalized spacial score (nSPS) is 17.2. The molecule has 0 aliphatic heterocycles. The lowest BCUT2D eigenvalue weighted by atomic mass is 10.1. The Morgan fingerprint density at radius 3 is 2.65 bits per heavy atom. The van der Waals surface area contributed by atoms with Crippen molar-refractivity contribution < 1.29 is 0 Å². The van der Waals surface area contributed by atoms with Crippen molar-refractivity contribution in [2.75, 3.05) is 5.75 Å². The highest BCUT2D eigenvalue weighted by atomic mass is 32.2. The summed E-state index contributed by atoms with van der Waals surface area (Å²) in [6.07, 6.45) is 5.56. The summed E-state index contributed by atoms with van der Waals surface area (Å²) in [5.41, 5.74) is 5.69. The third-order valence-corrected chi connectivity index (χ3v) is 4.53. The molecule has 1 heterocycles. The van der Waals surface area contributed by atoms with Crippen LogP contribution in [-0.2, 0) is 6.54 Å². The maximum Gasteiger partial charge on any atom is 0.191 e. The van der Waals surface area contributed by atoms with Crippen LogP contribution in [0.1, 0.15) is 51.4 Å². The van der Waals surface area contributed by atoms with Gasteiger partial charge in [0.05, 0.1) is 6.54 Å². The topological polar surface area (TPSA) is 56.7 Å². The molecule has 96 valence electrons. The Morgan fingerprint density at radius 2 is 2.06 bits per heavy atom. The molecule has 2 rings (SSSR count). The van der Waals surface area contributed by atoms with E-state index in [1.165, 1.54) is 31.4 Å². The summed E-state index contributed by atoms with van der Waals surface area (Å²) in [6, 6.07) is 0.384. The Hall–Kier alpha value is -0.550. The van der Waals surface area contributed by atoms with Gasteiger partial charge in [-0.2, -0.15) is 0 Å². The molecule has 0 atom stereocenters.